The van der Waals surface area contributed by atoms with Crippen LogP contribution in [-0.4, -0.2) is 23.8 Å². The number of aliphatic hydroxyl groups is 1. The summed E-state index contributed by atoms with van der Waals surface area (Å²) in [5.41, 5.74) is -0.914. The highest BCUT2D eigenvalue weighted by Gasteiger charge is 2.16. The van der Waals surface area contributed by atoms with Gasteiger partial charge >= 0.3 is 5.97 Å². The summed E-state index contributed by atoms with van der Waals surface area (Å²) in [5, 5.41) is 9.88. The van der Waals surface area contributed by atoms with Crippen molar-refractivity contribution in [3.05, 3.63) is 12.2 Å². The molecule has 0 aliphatic carbocycles. The van der Waals surface area contributed by atoms with Gasteiger partial charge in [0.15, 0.2) is 0 Å². The van der Waals surface area contributed by atoms with Crippen LogP contribution >= 0.6 is 0 Å². The molecule has 0 amide bonds. The van der Waals surface area contributed by atoms with Crippen molar-refractivity contribution in [2.75, 3.05) is 7.11 Å². The van der Waals surface area contributed by atoms with Crippen LogP contribution in [-0.2, 0) is 9.53 Å². The van der Waals surface area contributed by atoms with Gasteiger partial charge in [0.1, 0.15) is 0 Å². The first-order valence-corrected chi connectivity index (χ1v) is 5.37. The van der Waals surface area contributed by atoms with Gasteiger partial charge in [0.2, 0.25) is 0 Å². The van der Waals surface area contributed by atoms with Crippen molar-refractivity contribution in [3.63, 3.8) is 0 Å². The molecular formula is C12H22O3. The van der Waals surface area contributed by atoms with E-state index in [4.69, 9.17) is 0 Å². The fraction of sp³-hybridized carbons (Fsp3) is 0.750. The minimum atomic E-state index is -0.914. The summed E-state index contributed by atoms with van der Waals surface area (Å²) in [6, 6.07) is 0. The number of ether oxygens (including phenoxy) is 1. The molecule has 0 unspecified atom stereocenters. The predicted octanol–water partition coefficient (Wildman–Crippen LogP) is 2.29. The van der Waals surface area contributed by atoms with E-state index in [0.29, 0.717) is 12.3 Å². The van der Waals surface area contributed by atoms with Crippen molar-refractivity contribution in [3.8, 4) is 0 Å². The predicted molar refractivity (Wildman–Crippen MR) is 60.5 cm³/mol. The molecule has 0 aliphatic rings. The highest BCUT2D eigenvalue weighted by Crippen LogP contribution is 2.17. The first kappa shape index (κ1) is 14.2. The van der Waals surface area contributed by atoms with Crippen LogP contribution in [0, 0.1) is 5.92 Å². The summed E-state index contributed by atoms with van der Waals surface area (Å²) in [7, 11) is 1.32. The van der Waals surface area contributed by atoms with Crippen molar-refractivity contribution in [2.45, 2.75) is 45.6 Å². The molecule has 0 saturated carbocycles. The average molecular weight is 214 g/mol. The van der Waals surface area contributed by atoms with Gasteiger partial charge in [0, 0.05) is 6.08 Å². The standard InChI is InChI=1S/C12H22O3/c1-10(2)6-5-8-12(3,14)9-7-11(13)15-4/h7,9-10,14H,5-6,8H2,1-4H3/b9-7+/t12-/m0/s1. The molecule has 0 aromatic carbocycles. The van der Waals surface area contributed by atoms with E-state index in [1.165, 1.54) is 19.3 Å². The van der Waals surface area contributed by atoms with E-state index in [9.17, 15) is 9.90 Å². The van der Waals surface area contributed by atoms with Crippen molar-refractivity contribution in [1.82, 2.24) is 0 Å². The van der Waals surface area contributed by atoms with Gasteiger partial charge in [-0.25, -0.2) is 4.79 Å². The molecule has 3 nitrogen and oxygen atoms in total. The van der Waals surface area contributed by atoms with Crippen molar-refractivity contribution >= 4 is 5.97 Å². The van der Waals surface area contributed by atoms with Crippen LogP contribution in [0.25, 0.3) is 0 Å². The Bertz CT molecular complexity index is 217. The molecule has 0 aromatic rings. The van der Waals surface area contributed by atoms with Crippen LogP contribution in [0.1, 0.15) is 40.0 Å². The van der Waals surface area contributed by atoms with Crippen molar-refractivity contribution in [2.24, 2.45) is 5.92 Å². The SMILES string of the molecule is COC(=O)/C=C/[C@@](C)(O)CCCC(C)C. The van der Waals surface area contributed by atoms with Gasteiger partial charge in [0.05, 0.1) is 12.7 Å². The number of methoxy groups -OCH3 is 1. The Morgan fingerprint density at radius 3 is 2.60 bits per heavy atom. The summed E-state index contributed by atoms with van der Waals surface area (Å²) in [6.45, 7) is 6.00. The molecule has 1 atom stereocenters. The van der Waals surface area contributed by atoms with Gasteiger partial charge in [-0.1, -0.05) is 26.7 Å². The molecule has 0 fully saturated rings. The molecule has 0 rings (SSSR count). The van der Waals surface area contributed by atoms with Gasteiger partial charge in [-0.15, -0.1) is 0 Å². The minimum Gasteiger partial charge on any atom is -0.466 e. The Balaban J connectivity index is 3.96. The van der Waals surface area contributed by atoms with E-state index in [1.807, 2.05) is 0 Å². The summed E-state index contributed by atoms with van der Waals surface area (Å²) in [6.07, 6.45) is 5.48. The smallest absolute Gasteiger partial charge is 0.330 e. The van der Waals surface area contributed by atoms with Crippen LogP contribution < -0.4 is 0 Å². The van der Waals surface area contributed by atoms with Gasteiger partial charge < -0.3 is 9.84 Å². The van der Waals surface area contributed by atoms with E-state index >= 15 is 0 Å². The Hall–Kier alpha value is -0.830. The average Bonchev–Trinajstić information content (AvgIpc) is 2.13. The monoisotopic (exact) mass is 214 g/mol. The zero-order valence-electron chi connectivity index (χ0n) is 10.1. The topological polar surface area (TPSA) is 46.5 Å². The molecule has 0 aliphatic heterocycles. The summed E-state index contributed by atoms with van der Waals surface area (Å²) < 4.78 is 4.45. The number of hydrogen-bond donors (Lipinski definition) is 1. The third-order valence-electron chi connectivity index (χ3n) is 2.24. The molecule has 0 aromatic heterocycles. The van der Waals surface area contributed by atoms with E-state index in [1.54, 1.807) is 6.92 Å². The lowest BCUT2D eigenvalue weighted by molar-refractivity contribution is -0.134. The van der Waals surface area contributed by atoms with Crippen LogP contribution in [0.15, 0.2) is 12.2 Å². The lowest BCUT2D eigenvalue weighted by atomic mass is 9.95. The fourth-order valence-electron chi connectivity index (χ4n) is 1.27. The third-order valence-corrected chi connectivity index (χ3v) is 2.24. The number of carbonyl (C=O) groups excluding carboxylic acids is 1. The normalized spacial score (nSPS) is 15.6. The Morgan fingerprint density at radius 1 is 1.53 bits per heavy atom. The second kappa shape index (κ2) is 6.62. The minimum absolute atomic E-state index is 0.431. The molecule has 0 heterocycles. The number of esters is 1. The van der Waals surface area contributed by atoms with E-state index in [2.05, 4.69) is 18.6 Å². The second-order valence-corrected chi connectivity index (χ2v) is 4.50. The first-order chi connectivity index (χ1) is 6.87. The summed E-state index contributed by atoms with van der Waals surface area (Å²) >= 11 is 0. The van der Waals surface area contributed by atoms with Gasteiger partial charge in [-0.2, -0.15) is 0 Å². The Labute approximate surface area is 92.1 Å². The molecular weight excluding hydrogens is 192 g/mol. The highest BCUT2D eigenvalue weighted by atomic mass is 16.5. The van der Waals surface area contributed by atoms with Crippen molar-refractivity contribution in [1.29, 1.82) is 0 Å². The maximum atomic E-state index is 10.8. The lowest BCUT2D eigenvalue weighted by Gasteiger charge is -2.19. The molecule has 1 N–H and O–H groups in total. The fourth-order valence-corrected chi connectivity index (χ4v) is 1.27. The van der Waals surface area contributed by atoms with Crippen LogP contribution in [0.2, 0.25) is 0 Å². The molecule has 0 spiro atoms. The van der Waals surface area contributed by atoms with Crippen LogP contribution in [0.4, 0.5) is 0 Å². The maximum absolute atomic E-state index is 10.8. The Kier molecular flexibility index (Phi) is 6.25. The molecule has 88 valence electrons. The lowest BCUT2D eigenvalue weighted by Crippen LogP contribution is -2.21. The highest BCUT2D eigenvalue weighted by molar-refractivity contribution is 5.81. The summed E-state index contributed by atoms with van der Waals surface area (Å²) in [5.74, 6) is 0.213. The molecule has 0 saturated heterocycles. The van der Waals surface area contributed by atoms with Crippen LogP contribution in [0.5, 0.6) is 0 Å². The second-order valence-electron chi connectivity index (χ2n) is 4.50. The number of rotatable bonds is 6. The number of hydrogen-bond acceptors (Lipinski definition) is 3. The van der Waals surface area contributed by atoms with Crippen LogP contribution in [0.3, 0.4) is 0 Å². The zero-order chi connectivity index (χ0) is 11.9. The Morgan fingerprint density at radius 2 is 2.13 bits per heavy atom. The molecule has 0 radical (unpaired) electrons. The molecule has 15 heavy (non-hydrogen) atoms. The van der Waals surface area contributed by atoms with E-state index in [-0.39, 0.29) is 0 Å². The molecule has 0 bridgehead atoms. The van der Waals surface area contributed by atoms with Gasteiger partial charge in [-0.3, -0.25) is 0 Å². The van der Waals surface area contributed by atoms with Gasteiger partial charge in [0.25, 0.3) is 0 Å². The summed E-state index contributed by atoms with van der Waals surface area (Å²) in [4.78, 5) is 10.8. The maximum Gasteiger partial charge on any atom is 0.330 e. The number of carbonyl (C=O) groups is 1. The third kappa shape index (κ3) is 8.18. The van der Waals surface area contributed by atoms with Crippen molar-refractivity contribution < 1.29 is 14.6 Å². The quantitative estimate of drug-likeness (QED) is 0.545. The first-order valence-electron chi connectivity index (χ1n) is 5.37. The largest absolute Gasteiger partial charge is 0.466 e. The molecule has 3 heteroatoms. The van der Waals surface area contributed by atoms with E-state index in [0.717, 1.165) is 12.8 Å². The van der Waals surface area contributed by atoms with Gasteiger partial charge in [-0.05, 0) is 25.3 Å². The zero-order valence-corrected chi connectivity index (χ0v) is 10.1. The van der Waals surface area contributed by atoms with E-state index < -0.39 is 11.6 Å².